The van der Waals surface area contributed by atoms with Gasteiger partial charge in [0.1, 0.15) is 11.9 Å². The molecule has 1 unspecified atom stereocenters. The summed E-state index contributed by atoms with van der Waals surface area (Å²) in [6.07, 6.45) is 7.44. The molecule has 2 heterocycles. The van der Waals surface area contributed by atoms with Gasteiger partial charge in [0.25, 0.3) is 0 Å². The molecule has 3 rings (SSSR count). The maximum absolute atomic E-state index is 12.9. The monoisotopic (exact) mass is 414 g/mol. The van der Waals surface area contributed by atoms with Gasteiger partial charge in [0.2, 0.25) is 5.91 Å². The van der Waals surface area contributed by atoms with Gasteiger partial charge in [-0.2, -0.15) is 5.26 Å². The highest BCUT2D eigenvalue weighted by molar-refractivity contribution is 5.93. The lowest BCUT2D eigenvalue weighted by atomic mass is 9.95. The van der Waals surface area contributed by atoms with Crippen LogP contribution >= 0.6 is 0 Å². The van der Waals surface area contributed by atoms with Crippen LogP contribution in [-0.4, -0.2) is 47.6 Å². The smallest absolute Gasteiger partial charge is 0.310 e. The van der Waals surface area contributed by atoms with Crippen LogP contribution in [-0.2, 0) is 14.3 Å². The molecule has 164 valence electrons. The quantitative estimate of drug-likeness (QED) is 0.717. The highest BCUT2D eigenvalue weighted by Crippen LogP contribution is 2.36. The Kier molecular flexibility index (Phi) is 7.54. The summed E-state index contributed by atoms with van der Waals surface area (Å²) in [6, 6.07) is 2.63. The van der Waals surface area contributed by atoms with Crippen LogP contribution in [0.1, 0.15) is 74.7 Å². The Morgan fingerprint density at radius 2 is 1.90 bits per heavy atom. The second-order valence-electron chi connectivity index (χ2n) is 8.58. The maximum Gasteiger partial charge on any atom is 0.310 e. The van der Waals surface area contributed by atoms with E-state index in [4.69, 9.17) is 4.74 Å². The van der Waals surface area contributed by atoms with Gasteiger partial charge in [-0.05, 0) is 58.6 Å². The third kappa shape index (κ3) is 4.86. The number of aromatic nitrogens is 1. The number of carbonyl (C=O) groups is 2. The Bertz CT molecular complexity index is 817. The predicted octanol–water partition coefficient (Wildman–Crippen LogP) is 3.70. The van der Waals surface area contributed by atoms with Gasteiger partial charge in [-0.25, -0.2) is 0 Å². The van der Waals surface area contributed by atoms with Crippen molar-refractivity contribution in [1.29, 1.82) is 5.26 Å². The molecule has 1 atom stereocenters. The number of esters is 1. The summed E-state index contributed by atoms with van der Waals surface area (Å²) in [4.78, 5) is 27.0. The van der Waals surface area contributed by atoms with E-state index in [2.05, 4.69) is 16.0 Å². The number of likely N-dealkylation sites (tertiary alicyclic amines) is 1. The molecule has 1 N–H and O–H groups in total. The van der Waals surface area contributed by atoms with E-state index in [0.29, 0.717) is 30.6 Å². The van der Waals surface area contributed by atoms with Crippen molar-refractivity contribution in [3.63, 3.8) is 0 Å². The summed E-state index contributed by atoms with van der Waals surface area (Å²) in [7, 11) is 0. The zero-order valence-corrected chi connectivity index (χ0v) is 18.5. The highest BCUT2D eigenvalue weighted by Gasteiger charge is 2.29. The van der Waals surface area contributed by atoms with E-state index in [9.17, 15) is 14.9 Å². The molecule has 0 radical (unpaired) electrons. The number of nitrogens with zero attached hydrogens (tertiary/aromatic N) is 3. The first-order chi connectivity index (χ1) is 14.5. The van der Waals surface area contributed by atoms with Crippen LogP contribution < -0.4 is 5.32 Å². The molecule has 2 aliphatic rings. The average Bonchev–Trinajstić information content (AvgIpc) is 2.98. The normalized spacial score (nSPS) is 20.5. The molecule has 0 aromatic carbocycles. The number of nitrogens with one attached hydrogen (secondary N) is 1. The van der Waals surface area contributed by atoms with Gasteiger partial charge in [0, 0.05) is 18.3 Å². The van der Waals surface area contributed by atoms with E-state index in [1.54, 1.807) is 0 Å². The lowest BCUT2D eigenvalue weighted by molar-refractivity contribution is -0.150. The Balaban J connectivity index is 1.72. The van der Waals surface area contributed by atoms with Crippen LogP contribution in [0.15, 0.2) is 0 Å². The van der Waals surface area contributed by atoms with E-state index in [1.165, 1.54) is 19.3 Å². The summed E-state index contributed by atoms with van der Waals surface area (Å²) < 4.78 is 7.34. The standard InChI is InChI=1S/C23H34N4O3/c1-4-30-23(29)18-9-8-12-26(14-18)15-21(28)25-22-20(13-24)16(2)17(3)27(22)19-10-6-5-7-11-19/h18-19H,4-12,14-15H2,1-3H3,(H,25,28). The van der Waals surface area contributed by atoms with Crippen LogP contribution in [0.4, 0.5) is 5.82 Å². The molecule has 30 heavy (non-hydrogen) atoms. The van der Waals surface area contributed by atoms with Gasteiger partial charge in [-0.15, -0.1) is 0 Å². The summed E-state index contributed by atoms with van der Waals surface area (Å²) in [5.74, 6) is 0.164. The molecule has 0 bridgehead atoms. The van der Waals surface area contributed by atoms with Crippen LogP contribution in [0.25, 0.3) is 0 Å². The van der Waals surface area contributed by atoms with Gasteiger partial charge in [-0.1, -0.05) is 19.3 Å². The zero-order chi connectivity index (χ0) is 21.7. The van der Waals surface area contributed by atoms with Crippen LogP contribution in [0.5, 0.6) is 0 Å². The number of rotatable bonds is 6. The van der Waals surface area contributed by atoms with Crippen LogP contribution in [0.2, 0.25) is 0 Å². The van der Waals surface area contributed by atoms with Crippen LogP contribution in [0, 0.1) is 31.1 Å². The molecule has 1 aromatic heterocycles. The molecule has 1 amide bonds. The minimum absolute atomic E-state index is 0.134. The van der Waals surface area contributed by atoms with Gasteiger partial charge < -0.3 is 14.6 Å². The van der Waals surface area contributed by atoms with E-state index in [1.807, 2.05) is 25.7 Å². The summed E-state index contributed by atoms with van der Waals surface area (Å²) in [5.41, 5.74) is 2.57. The van der Waals surface area contributed by atoms with Crippen molar-refractivity contribution in [3.8, 4) is 6.07 Å². The fraction of sp³-hybridized carbons (Fsp3) is 0.696. The number of carbonyl (C=O) groups excluding carboxylic acids is 2. The number of ether oxygens (including phenoxy) is 1. The number of hydrogen-bond acceptors (Lipinski definition) is 5. The number of amides is 1. The second kappa shape index (κ2) is 10.1. The van der Waals surface area contributed by atoms with E-state index >= 15 is 0 Å². The molecule has 0 spiro atoms. The number of nitriles is 1. The lowest BCUT2D eigenvalue weighted by Gasteiger charge is -2.31. The predicted molar refractivity (Wildman–Crippen MR) is 115 cm³/mol. The zero-order valence-electron chi connectivity index (χ0n) is 18.5. The fourth-order valence-electron chi connectivity index (χ4n) is 4.91. The van der Waals surface area contributed by atoms with Crippen molar-refractivity contribution in [3.05, 3.63) is 16.8 Å². The summed E-state index contributed by atoms with van der Waals surface area (Å²) in [5, 5.41) is 12.8. The largest absolute Gasteiger partial charge is 0.466 e. The Morgan fingerprint density at radius 3 is 2.57 bits per heavy atom. The van der Waals surface area contributed by atoms with Crippen molar-refractivity contribution >= 4 is 17.7 Å². The SMILES string of the molecule is CCOC(=O)C1CCCN(CC(=O)Nc2c(C#N)c(C)c(C)n2C2CCCCC2)C1. The molecular weight excluding hydrogens is 380 g/mol. The second-order valence-corrected chi connectivity index (χ2v) is 8.58. The van der Waals surface area contributed by atoms with Gasteiger partial charge in [0.05, 0.1) is 24.6 Å². The Hall–Kier alpha value is -2.33. The van der Waals surface area contributed by atoms with Crippen molar-refractivity contribution < 1.29 is 14.3 Å². The molecule has 7 nitrogen and oxygen atoms in total. The third-order valence-corrected chi connectivity index (χ3v) is 6.56. The van der Waals surface area contributed by atoms with Gasteiger partial charge >= 0.3 is 5.97 Å². The first-order valence-corrected chi connectivity index (χ1v) is 11.3. The Labute approximate surface area is 179 Å². The van der Waals surface area contributed by atoms with E-state index < -0.39 is 0 Å². The third-order valence-electron chi connectivity index (χ3n) is 6.56. The first-order valence-electron chi connectivity index (χ1n) is 11.3. The fourth-order valence-corrected chi connectivity index (χ4v) is 4.91. The highest BCUT2D eigenvalue weighted by atomic mass is 16.5. The van der Waals surface area contributed by atoms with Gasteiger partial charge in [0.15, 0.2) is 0 Å². The van der Waals surface area contributed by atoms with E-state index in [0.717, 1.165) is 43.5 Å². The van der Waals surface area contributed by atoms with Crippen molar-refractivity contribution in [1.82, 2.24) is 9.47 Å². The molecule has 1 aromatic rings. The molecule has 1 aliphatic heterocycles. The topological polar surface area (TPSA) is 87.4 Å². The summed E-state index contributed by atoms with van der Waals surface area (Å²) in [6.45, 7) is 7.73. The Morgan fingerprint density at radius 1 is 1.17 bits per heavy atom. The molecule has 2 fully saturated rings. The van der Waals surface area contributed by atoms with Crippen LogP contribution in [0.3, 0.4) is 0 Å². The molecule has 1 aliphatic carbocycles. The minimum Gasteiger partial charge on any atom is -0.466 e. The summed E-state index contributed by atoms with van der Waals surface area (Å²) >= 11 is 0. The molecular formula is C23H34N4O3. The number of piperidine rings is 1. The first kappa shape index (κ1) is 22.4. The molecule has 7 heteroatoms. The van der Waals surface area contributed by atoms with Crippen molar-refractivity contribution in [2.75, 3.05) is 31.6 Å². The van der Waals surface area contributed by atoms with Crippen molar-refractivity contribution in [2.45, 2.75) is 71.8 Å². The number of anilines is 1. The van der Waals surface area contributed by atoms with Crippen molar-refractivity contribution in [2.24, 2.45) is 5.92 Å². The molecule has 1 saturated carbocycles. The number of hydrogen-bond donors (Lipinski definition) is 1. The lowest BCUT2D eigenvalue weighted by Crippen LogP contribution is -2.43. The van der Waals surface area contributed by atoms with Gasteiger partial charge in [-0.3, -0.25) is 14.5 Å². The average molecular weight is 415 g/mol. The minimum atomic E-state index is -0.174. The maximum atomic E-state index is 12.9. The molecule has 1 saturated heterocycles. The van der Waals surface area contributed by atoms with E-state index in [-0.39, 0.29) is 24.3 Å².